The lowest BCUT2D eigenvalue weighted by molar-refractivity contribution is 0.677. The number of imidazole rings is 1. The van der Waals surface area contributed by atoms with Crippen LogP contribution in [0.2, 0.25) is 0 Å². The number of nitrogens with one attached hydrogen (secondary N) is 1. The van der Waals surface area contributed by atoms with E-state index in [0.717, 1.165) is 24.7 Å². The molecule has 5 heteroatoms. The van der Waals surface area contributed by atoms with Gasteiger partial charge in [-0.2, -0.15) is 0 Å². The molecule has 0 aromatic carbocycles. The molecule has 2 aromatic heterocycles. The summed E-state index contributed by atoms with van der Waals surface area (Å²) in [6.07, 6.45) is 2.09. The summed E-state index contributed by atoms with van der Waals surface area (Å²) in [6, 6.07) is 4.24. The average Bonchev–Trinajstić information content (AvgIpc) is 2.83. The first kappa shape index (κ1) is 13.6. The second-order valence-corrected chi connectivity index (χ2v) is 7.36. The minimum atomic E-state index is 0.617. The van der Waals surface area contributed by atoms with Crippen LogP contribution >= 0.6 is 27.3 Å². The standard InChI is InChI=1S/C13H18BrN3S/c1-9(2)6-15-13-16-10(3)7-17(13)8-11-4-5-12(14)18-11/h4-5,7,9H,6,8H2,1-3H3,(H,15,16). The van der Waals surface area contributed by atoms with E-state index >= 15 is 0 Å². The molecule has 98 valence electrons. The number of thiophene rings is 1. The first-order chi connectivity index (χ1) is 8.54. The van der Waals surface area contributed by atoms with Crippen molar-refractivity contribution in [2.75, 3.05) is 11.9 Å². The molecule has 1 N–H and O–H groups in total. The molecule has 2 rings (SSSR count). The van der Waals surface area contributed by atoms with E-state index in [1.165, 1.54) is 8.66 Å². The molecular formula is C13H18BrN3S. The van der Waals surface area contributed by atoms with Gasteiger partial charge in [-0.15, -0.1) is 11.3 Å². The fourth-order valence-electron chi connectivity index (χ4n) is 1.71. The Morgan fingerprint density at radius 1 is 1.44 bits per heavy atom. The van der Waals surface area contributed by atoms with E-state index in [1.807, 2.05) is 6.92 Å². The largest absolute Gasteiger partial charge is 0.355 e. The maximum absolute atomic E-state index is 4.53. The number of rotatable bonds is 5. The first-order valence-electron chi connectivity index (χ1n) is 6.06. The van der Waals surface area contributed by atoms with Crippen LogP contribution in [-0.4, -0.2) is 16.1 Å². The van der Waals surface area contributed by atoms with Gasteiger partial charge >= 0.3 is 0 Å². The van der Waals surface area contributed by atoms with E-state index in [1.54, 1.807) is 11.3 Å². The monoisotopic (exact) mass is 327 g/mol. The maximum Gasteiger partial charge on any atom is 0.203 e. The van der Waals surface area contributed by atoms with Gasteiger partial charge in [-0.1, -0.05) is 13.8 Å². The number of anilines is 1. The van der Waals surface area contributed by atoms with Crippen molar-refractivity contribution >= 4 is 33.2 Å². The summed E-state index contributed by atoms with van der Waals surface area (Å²) < 4.78 is 3.35. The van der Waals surface area contributed by atoms with Crippen LogP contribution in [0.25, 0.3) is 0 Å². The Morgan fingerprint density at radius 3 is 2.83 bits per heavy atom. The molecule has 0 fully saturated rings. The summed E-state index contributed by atoms with van der Waals surface area (Å²) in [5, 5.41) is 3.41. The number of aryl methyl sites for hydroxylation is 1. The summed E-state index contributed by atoms with van der Waals surface area (Å²) in [5.41, 5.74) is 1.05. The van der Waals surface area contributed by atoms with Crippen LogP contribution in [0.3, 0.4) is 0 Å². The molecule has 0 bridgehead atoms. The van der Waals surface area contributed by atoms with E-state index < -0.39 is 0 Å². The normalized spacial score (nSPS) is 11.2. The van der Waals surface area contributed by atoms with Gasteiger partial charge in [-0.25, -0.2) is 4.98 Å². The number of aromatic nitrogens is 2. The van der Waals surface area contributed by atoms with Gasteiger partial charge in [-0.05, 0) is 40.9 Å². The van der Waals surface area contributed by atoms with Crippen LogP contribution in [0.15, 0.2) is 22.1 Å². The Bertz CT molecular complexity index is 516. The van der Waals surface area contributed by atoms with Crippen LogP contribution in [-0.2, 0) is 6.54 Å². The molecule has 0 saturated carbocycles. The summed E-state index contributed by atoms with van der Waals surface area (Å²) in [7, 11) is 0. The van der Waals surface area contributed by atoms with Gasteiger partial charge in [0, 0.05) is 17.6 Å². The number of hydrogen-bond donors (Lipinski definition) is 1. The SMILES string of the molecule is Cc1cn(Cc2ccc(Br)s2)c(NCC(C)C)n1. The van der Waals surface area contributed by atoms with Gasteiger partial charge in [0.2, 0.25) is 5.95 Å². The van der Waals surface area contributed by atoms with E-state index in [-0.39, 0.29) is 0 Å². The summed E-state index contributed by atoms with van der Waals surface area (Å²) in [6.45, 7) is 8.25. The highest BCUT2D eigenvalue weighted by Gasteiger charge is 2.07. The highest BCUT2D eigenvalue weighted by atomic mass is 79.9. The molecule has 0 aliphatic carbocycles. The van der Waals surface area contributed by atoms with Crippen LogP contribution in [0.5, 0.6) is 0 Å². The van der Waals surface area contributed by atoms with E-state index in [9.17, 15) is 0 Å². The topological polar surface area (TPSA) is 29.9 Å². The highest BCUT2D eigenvalue weighted by molar-refractivity contribution is 9.11. The van der Waals surface area contributed by atoms with Gasteiger partial charge in [0.1, 0.15) is 0 Å². The molecule has 18 heavy (non-hydrogen) atoms. The molecule has 2 aromatic rings. The van der Waals surface area contributed by atoms with Crippen LogP contribution in [0, 0.1) is 12.8 Å². The molecular weight excluding hydrogens is 310 g/mol. The van der Waals surface area contributed by atoms with E-state index in [0.29, 0.717) is 5.92 Å². The van der Waals surface area contributed by atoms with Crippen molar-refractivity contribution in [2.45, 2.75) is 27.3 Å². The lowest BCUT2D eigenvalue weighted by Crippen LogP contribution is -2.12. The first-order valence-corrected chi connectivity index (χ1v) is 7.67. The van der Waals surface area contributed by atoms with Crippen LogP contribution in [0.1, 0.15) is 24.4 Å². The predicted molar refractivity (Wildman–Crippen MR) is 81.4 cm³/mol. The van der Waals surface area contributed by atoms with Crippen LogP contribution in [0.4, 0.5) is 5.95 Å². The van der Waals surface area contributed by atoms with Gasteiger partial charge in [0.25, 0.3) is 0 Å². The molecule has 3 nitrogen and oxygen atoms in total. The summed E-state index contributed by atoms with van der Waals surface area (Å²) in [5.74, 6) is 1.58. The Balaban J connectivity index is 2.11. The quantitative estimate of drug-likeness (QED) is 0.894. The molecule has 0 atom stereocenters. The maximum atomic E-state index is 4.53. The third-order valence-electron chi connectivity index (χ3n) is 2.52. The van der Waals surface area contributed by atoms with Gasteiger partial charge < -0.3 is 9.88 Å². The minimum absolute atomic E-state index is 0.617. The molecule has 0 aliphatic rings. The van der Waals surface area contributed by atoms with Gasteiger partial charge in [0.15, 0.2) is 0 Å². The number of hydrogen-bond acceptors (Lipinski definition) is 3. The lowest BCUT2D eigenvalue weighted by atomic mass is 10.2. The third kappa shape index (κ3) is 3.59. The molecule has 0 radical (unpaired) electrons. The van der Waals surface area contributed by atoms with Crippen molar-refractivity contribution in [3.8, 4) is 0 Å². The van der Waals surface area contributed by atoms with Crippen molar-refractivity contribution < 1.29 is 0 Å². The highest BCUT2D eigenvalue weighted by Crippen LogP contribution is 2.24. The summed E-state index contributed by atoms with van der Waals surface area (Å²) in [4.78, 5) is 5.86. The zero-order valence-corrected chi connectivity index (χ0v) is 13.3. The van der Waals surface area contributed by atoms with Crippen LogP contribution < -0.4 is 5.32 Å². The minimum Gasteiger partial charge on any atom is -0.355 e. The van der Waals surface area contributed by atoms with Crippen molar-refractivity contribution in [3.63, 3.8) is 0 Å². The van der Waals surface area contributed by atoms with Crippen molar-refractivity contribution in [1.82, 2.24) is 9.55 Å². The Morgan fingerprint density at radius 2 is 2.22 bits per heavy atom. The Hall–Kier alpha value is -0.810. The molecule has 0 unspecified atom stereocenters. The third-order valence-corrected chi connectivity index (χ3v) is 4.13. The second-order valence-electron chi connectivity index (χ2n) is 4.81. The molecule has 0 amide bonds. The van der Waals surface area contributed by atoms with Crippen molar-refractivity contribution in [2.24, 2.45) is 5.92 Å². The number of nitrogens with zero attached hydrogens (tertiary/aromatic N) is 2. The second kappa shape index (κ2) is 5.89. The Kier molecular flexibility index (Phi) is 4.45. The molecule has 0 saturated heterocycles. The van der Waals surface area contributed by atoms with Gasteiger partial charge in [0.05, 0.1) is 16.0 Å². The Labute approximate surface area is 120 Å². The van der Waals surface area contributed by atoms with Crippen molar-refractivity contribution in [1.29, 1.82) is 0 Å². The predicted octanol–water partition coefficient (Wildman–Crippen LogP) is 4.13. The van der Waals surface area contributed by atoms with Gasteiger partial charge in [-0.3, -0.25) is 0 Å². The fraction of sp³-hybridized carbons (Fsp3) is 0.462. The smallest absolute Gasteiger partial charge is 0.203 e. The number of halogens is 1. The average molecular weight is 328 g/mol. The summed E-state index contributed by atoms with van der Waals surface area (Å²) >= 11 is 5.26. The zero-order chi connectivity index (χ0) is 13.1. The molecule has 0 spiro atoms. The molecule has 0 aliphatic heterocycles. The lowest BCUT2D eigenvalue weighted by Gasteiger charge is -2.10. The zero-order valence-electron chi connectivity index (χ0n) is 10.9. The van der Waals surface area contributed by atoms with E-state index in [2.05, 4.69) is 63.0 Å². The van der Waals surface area contributed by atoms with Crippen molar-refractivity contribution in [3.05, 3.63) is 32.7 Å². The molecule has 2 heterocycles. The van der Waals surface area contributed by atoms with E-state index in [4.69, 9.17) is 0 Å². The fourth-order valence-corrected chi connectivity index (χ4v) is 3.19.